The van der Waals surface area contributed by atoms with E-state index in [1.807, 2.05) is 26.0 Å². The van der Waals surface area contributed by atoms with Gasteiger partial charge in [0, 0.05) is 57.0 Å². The van der Waals surface area contributed by atoms with Crippen LogP contribution in [0, 0.1) is 17.7 Å². The second-order valence-corrected chi connectivity index (χ2v) is 16.8. The number of hydrogen-bond acceptors (Lipinski definition) is 6. The Labute approximate surface area is 307 Å². The van der Waals surface area contributed by atoms with Crippen molar-refractivity contribution in [2.24, 2.45) is 11.8 Å². The summed E-state index contributed by atoms with van der Waals surface area (Å²) in [7, 11) is -1.58. The van der Waals surface area contributed by atoms with Gasteiger partial charge < -0.3 is 19.3 Å². The van der Waals surface area contributed by atoms with Gasteiger partial charge in [0.15, 0.2) is 0 Å². The van der Waals surface area contributed by atoms with Gasteiger partial charge in [0.2, 0.25) is 0 Å². The fourth-order valence-electron chi connectivity index (χ4n) is 8.08. The summed E-state index contributed by atoms with van der Waals surface area (Å²) in [6.07, 6.45) is 6.37. The molecule has 5 aliphatic rings. The van der Waals surface area contributed by atoms with Crippen LogP contribution < -0.4 is 14.4 Å². The SMILES string of the molecule is CCCc1c(C2COc3ccc4cc3N(CCC(CC)C(OCCN3CCC(F)(F)CC3)C3=C[C@@H](C3)CC(C)S(=O)NC4=O)C2)ccc(Cl)c1F. The standard InChI is InChI=1S/C39H51ClF3N3O4S/c1-4-6-32-31(8-9-33(40)36(32)41)30-23-46-14-11-27(5-2)37(49-18-17-45-15-12-39(42,43)13-16-45)29-20-26(21-29)19-25(3)51(48)44-38(47)28-7-10-35(50-24-30)34(46)22-28/h7-10,20,22,25-27,30,37H,4-6,11-19,21,23-24H2,1-3H3,(H,44,47)/t25?,26-,27?,30?,37?,51?/m0/s1. The van der Waals surface area contributed by atoms with Crippen molar-refractivity contribution in [1.29, 1.82) is 0 Å². The Morgan fingerprint density at radius 1 is 1.14 bits per heavy atom. The molecule has 1 aliphatic carbocycles. The number of benzene rings is 2. The minimum Gasteiger partial charge on any atom is -0.491 e. The molecule has 0 aromatic heterocycles. The Morgan fingerprint density at radius 2 is 1.90 bits per heavy atom. The zero-order valence-corrected chi connectivity index (χ0v) is 31.5. The molecule has 12 heteroatoms. The first-order chi connectivity index (χ1) is 24.5. The lowest BCUT2D eigenvalue weighted by Gasteiger charge is -2.38. The fraction of sp³-hybridized carbons (Fsp3) is 0.615. The number of halogens is 4. The molecule has 2 aromatic rings. The van der Waals surface area contributed by atoms with Gasteiger partial charge in [0.1, 0.15) is 22.6 Å². The van der Waals surface area contributed by atoms with Crippen LogP contribution in [-0.2, 0) is 22.1 Å². The highest BCUT2D eigenvalue weighted by Crippen LogP contribution is 2.41. The van der Waals surface area contributed by atoms with Crippen molar-refractivity contribution < 1.29 is 31.6 Å². The van der Waals surface area contributed by atoms with E-state index in [-0.39, 0.29) is 52.8 Å². The Hall–Kier alpha value is -2.60. The van der Waals surface area contributed by atoms with Crippen LogP contribution in [-0.4, -0.2) is 78.2 Å². The minimum atomic E-state index is -2.58. The fourth-order valence-corrected chi connectivity index (χ4v) is 9.18. The number of alkyl halides is 2. The van der Waals surface area contributed by atoms with Gasteiger partial charge in [-0.3, -0.25) is 9.52 Å². The molecule has 4 aliphatic heterocycles. The van der Waals surface area contributed by atoms with Crippen molar-refractivity contribution in [3.63, 3.8) is 0 Å². The number of piperidine rings is 1. The number of hydrogen-bond donors (Lipinski definition) is 1. The molecule has 1 amide bonds. The van der Waals surface area contributed by atoms with Gasteiger partial charge in [0.05, 0.1) is 35.3 Å². The number of carbonyl (C=O) groups is 1. The molecule has 1 saturated heterocycles. The summed E-state index contributed by atoms with van der Waals surface area (Å²) in [6, 6.07) is 8.84. The maximum absolute atomic E-state index is 15.4. The highest BCUT2D eigenvalue weighted by molar-refractivity contribution is 7.84. The highest BCUT2D eigenvalue weighted by Gasteiger charge is 2.36. The Kier molecular flexibility index (Phi) is 12.4. The van der Waals surface area contributed by atoms with Crippen molar-refractivity contribution >= 4 is 34.2 Å². The number of ether oxygens (including phenoxy) is 2. The number of carbonyl (C=O) groups excluding carboxylic acids is 1. The third kappa shape index (κ3) is 8.96. The van der Waals surface area contributed by atoms with Crippen LogP contribution in [0.2, 0.25) is 5.02 Å². The molecule has 7 nitrogen and oxygen atoms in total. The van der Waals surface area contributed by atoms with E-state index in [2.05, 4.69) is 27.5 Å². The number of likely N-dealkylation sites (tertiary alicyclic amines) is 1. The van der Waals surface area contributed by atoms with Crippen molar-refractivity contribution in [2.45, 2.75) is 95.3 Å². The van der Waals surface area contributed by atoms with E-state index in [9.17, 15) is 17.8 Å². The normalized spacial score (nSPS) is 28.6. The average molecular weight is 750 g/mol. The average Bonchev–Trinajstić information content (AvgIpc) is 3.27. The van der Waals surface area contributed by atoms with E-state index in [4.69, 9.17) is 21.1 Å². The van der Waals surface area contributed by atoms with E-state index in [0.29, 0.717) is 75.7 Å². The molecule has 4 bridgehead atoms. The van der Waals surface area contributed by atoms with Gasteiger partial charge >= 0.3 is 0 Å². The van der Waals surface area contributed by atoms with Crippen LogP contribution in [0.1, 0.15) is 93.1 Å². The van der Waals surface area contributed by atoms with Crippen LogP contribution in [0.15, 0.2) is 42.0 Å². The largest absolute Gasteiger partial charge is 0.491 e. The van der Waals surface area contributed by atoms with Gasteiger partial charge in [-0.15, -0.1) is 0 Å². The summed E-state index contributed by atoms with van der Waals surface area (Å²) in [5.41, 5.74) is 3.87. The molecule has 5 unspecified atom stereocenters. The van der Waals surface area contributed by atoms with Crippen LogP contribution in [0.3, 0.4) is 0 Å². The van der Waals surface area contributed by atoms with E-state index < -0.39 is 22.8 Å². The molecular weight excluding hydrogens is 699 g/mol. The topological polar surface area (TPSA) is 71.1 Å². The van der Waals surface area contributed by atoms with Gasteiger partial charge in [0.25, 0.3) is 11.8 Å². The number of nitrogens with one attached hydrogen (secondary N) is 1. The van der Waals surface area contributed by atoms with E-state index in [1.165, 1.54) is 5.57 Å². The molecule has 0 spiro atoms. The summed E-state index contributed by atoms with van der Waals surface area (Å²) in [5, 5.41) is -0.142. The third-order valence-corrected chi connectivity index (χ3v) is 12.7. The van der Waals surface area contributed by atoms with E-state index in [1.54, 1.807) is 18.2 Å². The number of fused-ring (bicyclic) bond motifs is 7. The molecule has 6 atom stereocenters. The first-order valence-corrected chi connectivity index (χ1v) is 20.2. The van der Waals surface area contributed by atoms with Gasteiger partial charge in [-0.25, -0.2) is 17.4 Å². The van der Waals surface area contributed by atoms with E-state index in [0.717, 1.165) is 36.9 Å². The van der Waals surface area contributed by atoms with Crippen molar-refractivity contribution in [1.82, 2.24) is 9.62 Å². The predicted octanol–water partition coefficient (Wildman–Crippen LogP) is 8.08. The summed E-state index contributed by atoms with van der Waals surface area (Å²) < 4.78 is 72.1. The van der Waals surface area contributed by atoms with Crippen LogP contribution >= 0.6 is 11.6 Å². The lowest BCUT2D eigenvalue weighted by molar-refractivity contribution is -0.0623. The minimum absolute atomic E-state index is 0.106. The number of allylic oxidation sites excluding steroid dienone is 1. The van der Waals surface area contributed by atoms with Crippen LogP contribution in [0.5, 0.6) is 5.75 Å². The van der Waals surface area contributed by atoms with Crippen molar-refractivity contribution in [2.75, 3.05) is 50.8 Å². The number of anilines is 1. The summed E-state index contributed by atoms with van der Waals surface area (Å²) in [6.45, 7) is 9.38. The van der Waals surface area contributed by atoms with Gasteiger partial charge in [-0.1, -0.05) is 50.4 Å². The Balaban J connectivity index is 1.30. The number of amides is 1. The molecule has 1 N–H and O–H groups in total. The second kappa shape index (κ2) is 16.6. The first kappa shape index (κ1) is 38.1. The molecular formula is C39H51ClF3N3O4S. The lowest BCUT2D eigenvalue weighted by Crippen LogP contribution is -2.42. The maximum atomic E-state index is 15.4. The molecule has 7 rings (SSSR count). The second-order valence-electron chi connectivity index (χ2n) is 14.7. The highest BCUT2D eigenvalue weighted by atomic mass is 35.5. The quantitative estimate of drug-likeness (QED) is 0.276. The number of rotatable bonds is 8. The molecule has 280 valence electrons. The third-order valence-electron chi connectivity index (χ3n) is 11.1. The van der Waals surface area contributed by atoms with Crippen molar-refractivity contribution in [3.8, 4) is 5.75 Å². The van der Waals surface area contributed by atoms with Crippen LogP contribution in [0.4, 0.5) is 18.9 Å². The zero-order valence-electron chi connectivity index (χ0n) is 29.9. The summed E-state index contributed by atoms with van der Waals surface area (Å²) >= 11 is 6.24. The maximum Gasteiger partial charge on any atom is 0.263 e. The molecule has 2 aromatic carbocycles. The lowest BCUT2D eigenvalue weighted by atomic mass is 9.76. The van der Waals surface area contributed by atoms with Gasteiger partial charge in [-0.2, -0.15) is 0 Å². The summed E-state index contributed by atoms with van der Waals surface area (Å²) in [4.78, 5) is 17.7. The Morgan fingerprint density at radius 3 is 2.63 bits per heavy atom. The summed E-state index contributed by atoms with van der Waals surface area (Å²) in [5.74, 6) is -2.49. The van der Waals surface area contributed by atoms with Gasteiger partial charge in [-0.05, 0) is 85.4 Å². The smallest absolute Gasteiger partial charge is 0.263 e. The monoisotopic (exact) mass is 749 g/mol. The van der Waals surface area contributed by atoms with Crippen LogP contribution in [0.25, 0.3) is 0 Å². The molecule has 0 saturated carbocycles. The number of nitrogens with zero attached hydrogens (tertiary/aromatic N) is 2. The predicted molar refractivity (Wildman–Crippen MR) is 197 cm³/mol. The molecule has 51 heavy (non-hydrogen) atoms. The first-order valence-electron chi connectivity index (χ1n) is 18.6. The van der Waals surface area contributed by atoms with E-state index >= 15 is 4.39 Å². The zero-order chi connectivity index (χ0) is 36.3. The van der Waals surface area contributed by atoms with Crippen molar-refractivity contribution in [3.05, 3.63) is 69.5 Å². The molecule has 4 heterocycles. The Bertz CT molecular complexity index is 1620. The molecule has 0 radical (unpaired) electrons. The molecule has 1 fully saturated rings.